The van der Waals surface area contributed by atoms with Crippen LogP contribution in [-0.2, 0) is 9.47 Å². The molecule has 8 heteroatoms. The monoisotopic (exact) mass is 523 g/mol. The number of aliphatic imine (C=N–C) groups is 1. The van der Waals surface area contributed by atoms with Gasteiger partial charge in [-0.1, -0.05) is 19.1 Å². The van der Waals surface area contributed by atoms with Gasteiger partial charge >= 0.3 is 0 Å². The Labute approximate surface area is 190 Å². The summed E-state index contributed by atoms with van der Waals surface area (Å²) in [5.74, 6) is 3.30. The van der Waals surface area contributed by atoms with E-state index in [4.69, 9.17) is 14.2 Å². The molecule has 0 saturated carbocycles. The van der Waals surface area contributed by atoms with Crippen molar-refractivity contribution in [2.45, 2.75) is 30.8 Å². The quantitative estimate of drug-likeness (QED) is 0.153. The largest absolute Gasteiger partial charge is 0.496 e. The van der Waals surface area contributed by atoms with Crippen molar-refractivity contribution >= 4 is 41.7 Å². The third-order valence-corrected chi connectivity index (χ3v) is 5.67. The number of ether oxygens (including phenoxy) is 3. The zero-order valence-electron chi connectivity index (χ0n) is 17.1. The van der Waals surface area contributed by atoms with Gasteiger partial charge < -0.3 is 24.8 Å². The predicted molar refractivity (Wildman–Crippen MR) is 127 cm³/mol. The van der Waals surface area contributed by atoms with Gasteiger partial charge in [0.15, 0.2) is 5.96 Å². The number of para-hydroxylation sites is 1. The molecule has 28 heavy (non-hydrogen) atoms. The van der Waals surface area contributed by atoms with Gasteiger partial charge in [0.2, 0.25) is 0 Å². The maximum atomic E-state index is 5.77. The Morgan fingerprint density at radius 3 is 2.89 bits per heavy atom. The van der Waals surface area contributed by atoms with E-state index >= 15 is 0 Å². The van der Waals surface area contributed by atoms with E-state index in [0.29, 0.717) is 5.92 Å². The molecule has 1 fully saturated rings. The number of nitrogens with zero attached hydrogens (tertiary/aromatic N) is 1. The van der Waals surface area contributed by atoms with E-state index in [0.717, 1.165) is 63.2 Å². The van der Waals surface area contributed by atoms with Crippen molar-refractivity contribution in [2.75, 3.05) is 52.8 Å². The van der Waals surface area contributed by atoms with Crippen LogP contribution in [0.3, 0.4) is 0 Å². The smallest absolute Gasteiger partial charge is 0.190 e. The SMILES string of the molecule is CN=C(NCCCOC1CCOC1)NCC(C)CSc1ccccc1OC.I. The van der Waals surface area contributed by atoms with Gasteiger partial charge in [-0.3, -0.25) is 4.99 Å². The molecule has 1 aromatic rings. The molecule has 2 atom stereocenters. The number of hydrogen-bond acceptors (Lipinski definition) is 5. The summed E-state index contributed by atoms with van der Waals surface area (Å²) in [7, 11) is 3.52. The number of rotatable bonds is 11. The summed E-state index contributed by atoms with van der Waals surface area (Å²) in [5, 5.41) is 6.74. The van der Waals surface area contributed by atoms with Crippen LogP contribution in [0.1, 0.15) is 19.8 Å². The van der Waals surface area contributed by atoms with Crippen LogP contribution in [0.5, 0.6) is 5.75 Å². The summed E-state index contributed by atoms with van der Waals surface area (Å²) >= 11 is 1.82. The van der Waals surface area contributed by atoms with E-state index in [1.165, 1.54) is 4.90 Å². The van der Waals surface area contributed by atoms with Gasteiger partial charge in [0.25, 0.3) is 0 Å². The molecule has 1 aromatic carbocycles. The normalized spacial score (nSPS) is 17.7. The Kier molecular flexibility index (Phi) is 13.7. The lowest BCUT2D eigenvalue weighted by atomic mass is 10.2. The first-order valence-corrected chi connectivity index (χ1v) is 10.6. The fourth-order valence-corrected chi connectivity index (χ4v) is 3.74. The van der Waals surface area contributed by atoms with Crippen molar-refractivity contribution < 1.29 is 14.2 Å². The molecule has 1 heterocycles. The molecule has 6 nitrogen and oxygen atoms in total. The summed E-state index contributed by atoms with van der Waals surface area (Å²) in [6.07, 6.45) is 2.25. The molecule has 0 spiro atoms. The lowest BCUT2D eigenvalue weighted by molar-refractivity contribution is 0.0420. The van der Waals surface area contributed by atoms with Crippen LogP contribution < -0.4 is 15.4 Å². The summed E-state index contributed by atoms with van der Waals surface area (Å²) in [6, 6.07) is 8.14. The van der Waals surface area contributed by atoms with Crippen LogP contribution in [0, 0.1) is 5.92 Å². The molecule has 160 valence electrons. The van der Waals surface area contributed by atoms with Gasteiger partial charge in [0, 0.05) is 44.0 Å². The summed E-state index contributed by atoms with van der Waals surface area (Å²) in [6.45, 7) is 6.27. The van der Waals surface area contributed by atoms with E-state index in [1.807, 2.05) is 30.0 Å². The molecule has 0 radical (unpaired) electrons. The Morgan fingerprint density at radius 2 is 2.18 bits per heavy atom. The van der Waals surface area contributed by atoms with E-state index in [-0.39, 0.29) is 30.1 Å². The average Bonchev–Trinajstić information content (AvgIpc) is 3.22. The second-order valence-electron chi connectivity index (χ2n) is 6.66. The first kappa shape index (κ1) is 25.3. The highest BCUT2D eigenvalue weighted by molar-refractivity contribution is 14.0. The summed E-state index contributed by atoms with van der Waals surface area (Å²) < 4.78 is 16.5. The number of guanidine groups is 1. The highest BCUT2D eigenvalue weighted by atomic mass is 127. The lowest BCUT2D eigenvalue weighted by Crippen LogP contribution is -2.40. The minimum atomic E-state index is 0. The zero-order valence-corrected chi connectivity index (χ0v) is 20.3. The molecule has 0 bridgehead atoms. The molecule has 2 unspecified atom stereocenters. The van der Waals surface area contributed by atoms with Crippen molar-refractivity contribution in [1.29, 1.82) is 0 Å². The van der Waals surface area contributed by atoms with Crippen molar-refractivity contribution in [3.05, 3.63) is 24.3 Å². The van der Waals surface area contributed by atoms with E-state index in [9.17, 15) is 0 Å². The summed E-state index contributed by atoms with van der Waals surface area (Å²) in [5.41, 5.74) is 0. The molecule has 0 aromatic heterocycles. The maximum Gasteiger partial charge on any atom is 0.190 e. The Balaban J connectivity index is 0.00000392. The van der Waals surface area contributed by atoms with Gasteiger partial charge in [-0.15, -0.1) is 35.7 Å². The molecular weight excluding hydrogens is 489 g/mol. The number of halogens is 1. The predicted octanol–water partition coefficient (Wildman–Crippen LogP) is 3.40. The molecule has 2 N–H and O–H groups in total. The Morgan fingerprint density at radius 1 is 1.36 bits per heavy atom. The van der Waals surface area contributed by atoms with Gasteiger partial charge in [-0.05, 0) is 30.9 Å². The lowest BCUT2D eigenvalue weighted by Gasteiger charge is -2.17. The van der Waals surface area contributed by atoms with E-state index in [2.05, 4.69) is 28.6 Å². The van der Waals surface area contributed by atoms with E-state index in [1.54, 1.807) is 14.2 Å². The fourth-order valence-electron chi connectivity index (χ4n) is 2.69. The van der Waals surface area contributed by atoms with Crippen LogP contribution in [0.4, 0.5) is 0 Å². The van der Waals surface area contributed by atoms with Crippen LogP contribution >= 0.6 is 35.7 Å². The van der Waals surface area contributed by atoms with Crippen molar-refractivity contribution in [3.8, 4) is 5.75 Å². The average molecular weight is 523 g/mol. The highest BCUT2D eigenvalue weighted by Gasteiger charge is 2.15. The second-order valence-corrected chi connectivity index (χ2v) is 7.72. The molecule has 0 aliphatic carbocycles. The molecule has 1 aliphatic rings. The highest BCUT2D eigenvalue weighted by Crippen LogP contribution is 2.29. The standard InChI is InChI=1S/C20H33N3O3S.HI/c1-16(15-27-19-8-5-4-7-18(19)24-3)13-23-20(21-2)22-10-6-11-26-17-9-12-25-14-17;/h4-5,7-8,16-17H,6,9-15H2,1-3H3,(H2,21,22,23);1H. The first-order chi connectivity index (χ1) is 13.2. The number of hydrogen-bond donors (Lipinski definition) is 2. The minimum Gasteiger partial charge on any atom is -0.496 e. The minimum absolute atomic E-state index is 0. The van der Waals surface area contributed by atoms with E-state index < -0.39 is 0 Å². The van der Waals surface area contributed by atoms with Gasteiger partial charge in [0.1, 0.15) is 5.75 Å². The van der Waals surface area contributed by atoms with Crippen LogP contribution in [0.2, 0.25) is 0 Å². The zero-order chi connectivity index (χ0) is 19.3. The van der Waals surface area contributed by atoms with Crippen LogP contribution in [0.15, 0.2) is 34.2 Å². The first-order valence-electron chi connectivity index (χ1n) is 9.62. The van der Waals surface area contributed by atoms with Crippen molar-refractivity contribution in [2.24, 2.45) is 10.9 Å². The van der Waals surface area contributed by atoms with Crippen LogP contribution in [-0.4, -0.2) is 64.9 Å². The van der Waals surface area contributed by atoms with Crippen LogP contribution in [0.25, 0.3) is 0 Å². The number of benzene rings is 1. The van der Waals surface area contributed by atoms with Gasteiger partial charge in [0.05, 0.1) is 19.8 Å². The third-order valence-electron chi connectivity index (χ3n) is 4.29. The van der Waals surface area contributed by atoms with Gasteiger partial charge in [-0.25, -0.2) is 0 Å². The summed E-state index contributed by atoms with van der Waals surface area (Å²) in [4.78, 5) is 5.47. The van der Waals surface area contributed by atoms with Crippen molar-refractivity contribution in [1.82, 2.24) is 10.6 Å². The van der Waals surface area contributed by atoms with Crippen molar-refractivity contribution in [3.63, 3.8) is 0 Å². The Bertz CT molecular complexity index is 571. The molecular formula is C20H34IN3O3S. The maximum absolute atomic E-state index is 5.77. The molecule has 2 rings (SSSR count). The fraction of sp³-hybridized carbons (Fsp3) is 0.650. The second kappa shape index (κ2) is 15.2. The number of methoxy groups -OCH3 is 1. The molecule has 0 amide bonds. The molecule has 1 aliphatic heterocycles. The number of thioether (sulfide) groups is 1. The molecule has 1 saturated heterocycles. The topological polar surface area (TPSA) is 64.1 Å². The Hall–Kier alpha value is -0.710. The van der Waals surface area contributed by atoms with Gasteiger partial charge in [-0.2, -0.15) is 0 Å². The third kappa shape index (κ3) is 9.67. The number of nitrogens with one attached hydrogen (secondary N) is 2.